The Labute approximate surface area is 110 Å². The highest BCUT2D eigenvalue weighted by atomic mass is 35.5. The van der Waals surface area contributed by atoms with Crippen molar-refractivity contribution in [3.63, 3.8) is 0 Å². The summed E-state index contributed by atoms with van der Waals surface area (Å²) in [7, 11) is 0. The van der Waals surface area contributed by atoms with E-state index in [4.69, 9.17) is 17.3 Å². The fourth-order valence-corrected chi connectivity index (χ4v) is 2.52. The lowest BCUT2D eigenvalue weighted by atomic mass is 10.00. The Morgan fingerprint density at radius 3 is 2.83 bits per heavy atom. The van der Waals surface area contributed by atoms with E-state index >= 15 is 0 Å². The van der Waals surface area contributed by atoms with Crippen molar-refractivity contribution in [1.29, 1.82) is 0 Å². The zero-order chi connectivity index (χ0) is 12.5. The van der Waals surface area contributed by atoms with Gasteiger partial charge in [0.1, 0.15) is 0 Å². The molecular weight excluding hydrogens is 244 g/mol. The molecule has 0 aliphatic rings. The van der Waals surface area contributed by atoms with Crippen molar-refractivity contribution >= 4 is 22.5 Å². The van der Waals surface area contributed by atoms with Gasteiger partial charge in [0, 0.05) is 28.7 Å². The molecule has 0 unspecified atom stereocenters. The summed E-state index contributed by atoms with van der Waals surface area (Å²) in [5, 5.41) is 1.92. The van der Waals surface area contributed by atoms with Crippen molar-refractivity contribution < 1.29 is 0 Å². The molecule has 0 fully saturated rings. The molecule has 3 heteroatoms. The molecule has 3 rings (SSSR count). The Hall–Kier alpha value is -1.77. The van der Waals surface area contributed by atoms with Crippen LogP contribution in [0.15, 0.2) is 48.7 Å². The molecular formula is C15H13ClN2. The normalized spacial score (nSPS) is 11.0. The number of rotatable bonds is 2. The van der Waals surface area contributed by atoms with Gasteiger partial charge in [-0.1, -0.05) is 23.7 Å². The highest BCUT2D eigenvalue weighted by Crippen LogP contribution is 2.30. The van der Waals surface area contributed by atoms with Gasteiger partial charge in [-0.2, -0.15) is 0 Å². The number of hydrogen-bond acceptors (Lipinski definition) is 1. The number of H-pyrrole nitrogens is 1. The summed E-state index contributed by atoms with van der Waals surface area (Å²) in [6, 6.07) is 14.2. The molecule has 0 bridgehead atoms. The number of aromatic amines is 1. The van der Waals surface area contributed by atoms with Gasteiger partial charge in [-0.05, 0) is 47.0 Å². The summed E-state index contributed by atoms with van der Waals surface area (Å²) < 4.78 is 0. The minimum atomic E-state index is 0.497. The lowest BCUT2D eigenvalue weighted by Crippen LogP contribution is -1.96. The SMILES string of the molecule is NCc1cc(Cl)cc(-c2cccc3[nH]ccc23)c1. The van der Waals surface area contributed by atoms with Crippen LogP contribution in [0.1, 0.15) is 5.56 Å². The first-order chi connectivity index (χ1) is 8.78. The average Bonchev–Trinajstić information content (AvgIpc) is 2.85. The Bertz CT molecular complexity index is 701. The van der Waals surface area contributed by atoms with Crippen LogP contribution >= 0.6 is 11.6 Å². The molecule has 0 saturated heterocycles. The molecule has 0 spiro atoms. The van der Waals surface area contributed by atoms with Crippen molar-refractivity contribution in [3.05, 3.63) is 59.2 Å². The van der Waals surface area contributed by atoms with E-state index < -0.39 is 0 Å². The molecule has 0 radical (unpaired) electrons. The molecule has 0 aliphatic carbocycles. The smallest absolute Gasteiger partial charge is 0.0460 e. The van der Waals surface area contributed by atoms with E-state index in [1.807, 2.05) is 24.4 Å². The highest BCUT2D eigenvalue weighted by Gasteiger charge is 2.06. The lowest BCUT2D eigenvalue weighted by molar-refractivity contribution is 1.07. The molecule has 0 saturated carbocycles. The standard InChI is InChI=1S/C15H13ClN2/c16-12-7-10(9-17)6-11(8-12)13-2-1-3-15-14(13)4-5-18-15/h1-8,18H,9,17H2. The quantitative estimate of drug-likeness (QED) is 0.716. The molecule has 18 heavy (non-hydrogen) atoms. The summed E-state index contributed by atoms with van der Waals surface area (Å²) in [6.07, 6.45) is 1.95. The van der Waals surface area contributed by atoms with E-state index in [2.05, 4.69) is 29.2 Å². The first-order valence-corrected chi connectivity index (χ1v) is 6.22. The van der Waals surface area contributed by atoms with Crippen LogP contribution in [0.4, 0.5) is 0 Å². The van der Waals surface area contributed by atoms with Crippen LogP contribution in [-0.2, 0) is 6.54 Å². The van der Waals surface area contributed by atoms with Gasteiger partial charge in [-0.15, -0.1) is 0 Å². The zero-order valence-electron chi connectivity index (χ0n) is 9.78. The maximum atomic E-state index is 6.14. The van der Waals surface area contributed by atoms with Crippen molar-refractivity contribution in [1.82, 2.24) is 4.98 Å². The van der Waals surface area contributed by atoms with Crippen molar-refractivity contribution in [2.24, 2.45) is 5.73 Å². The number of nitrogens with one attached hydrogen (secondary N) is 1. The third-order valence-electron chi connectivity index (χ3n) is 3.10. The summed E-state index contributed by atoms with van der Waals surface area (Å²) in [4.78, 5) is 3.22. The molecule has 3 aromatic rings. The van der Waals surface area contributed by atoms with E-state index in [0.29, 0.717) is 6.54 Å². The van der Waals surface area contributed by atoms with Crippen LogP contribution in [0.2, 0.25) is 5.02 Å². The van der Waals surface area contributed by atoms with Crippen LogP contribution in [-0.4, -0.2) is 4.98 Å². The summed E-state index contributed by atoms with van der Waals surface area (Å²) in [6.45, 7) is 0.497. The fourth-order valence-electron chi connectivity index (χ4n) is 2.26. The van der Waals surface area contributed by atoms with Gasteiger partial charge < -0.3 is 10.7 Å². The van der Waals surface area contributed by atoms with Gasteiger partial charge in [-0.3, -0.25) is 0 Å². The summed E-state index contributed by atoms with van der Waals surface area (Å²) in [5.41, 5.74) is 10.1. The third kappa shape index (κ3) is 1.90. The summed E-state index contributed by atoms with van der Waals surface area (Å²) >= 11 is 6.14. The minimum absolute atomic E-state index is 0.497. The highest BCUT2D eigenvalue weighted by molar-refractivity contribution is 6.31. The van der Waals surface area contributed by atoms with Crippen LogP contribution in [0, 0.1) is 0 Å². The Morgan fingerprint density at radius 2 is 2.00 bits per heavy atom. The molecule has 3 N–H and O–H groups in total. The second-order valence-corrected chi connectivity index (χ2v) is 4.73. The zero-order valence-corrected chi connectivity index (χ0v) is 10.5. The molecule has 2 nitrogen and oxygen atoms in total. The van der Waals surface area contributed by atoms with Gasteiger partial charge in [0.25, 0.3) is 0 Å². The van der Waals surface area contributed by atoms with E-state index in [9.17, 15) is 0 Å². The third-order valence-corrected chi connectivity index (χ3v) is 3.32. The van der Waals surface area contributed by atoms with Crippen molar-refractivity contribution in [2.75, 3.05) is 0 Å². The van der Waals surface area contributed by atoms with E-state index in [-0.39, 0.29) is 0 Å². The van der Waals surface area contributed by atoms with E-state index in [1.54, 1.807) is 0 Å². The minimum Gasteiger partial charge on any atom is -0.361 e. The van der Waals surface area contributed by atoms with E-state index in [0.717, 1.165) is 21.7 Å². The largest absolute Gasteiger partial charge is 0.361 e. The fraction of sp³-hybridized carbons (Fsp3) is 0.0667. The molecule has 1 heterocycles. The number of aromatic nitrogens is 1. The maximum absolute atomic E-state index is 6.14. The molecule has 0 aliphatic heterocycles. The predicted octanol–water partition coefficient (Wildman–Crippen LogP) is 3.95. The number of hydrogen-bond donors (Lipinski definition) is 2. The van der Waals surface area contributed by atoms with E-state index in [1.165, 1.54) is 10.9 Å². The molecule has 90 valence electrons. The topological polar surface area (TPSA) is 41.8 Å². The van der Waals surface area contributed by atoms with Crippen molar-refractivity contribution in [2.45, 2.75) is 6.54 Å². The molecule has 2 aromatic carbocycles. The molecule has 0 amide bonds. The van der Waals surface area contributed by atoms with Gasteiger partial charge >= 0.3 is 0 Å². The summed E-state index contributed by atoms with van der Waals surface area (Å²) in [5.74, 6) is 0. The number of halogens is 1. The van der Waals surface area contributed by atoms with Gasteiger partial charge in [-0.25, -0.2) is 0 Å². The number of fused-ring (bicyclic) bond motifs is 1. The number of nitrogens with two attached hydrogens (primary N) is 1. The number of benzene rings is 2. The van der Waals surface area contributed by atoms with Gasteiger partial charge in [0.2, 0.25) is 0 Å². The average molecular weight is 257 g/mol. The van der Waals surface area contributed by atoms with Crippen LogP contribution in [0.25, 0.3) is 22.0 Å². The molecule has 1 aromatic heterocycles. The first kappa shape index (κ1) is 11.3. The Kier molecular flexibility index (Phi) is 2.82. The predicted molar refractivity (Wildman–Crippen MR) is 76.6 cm³/mol. The Morgan fingerprint density at radius 1 is 1.11 bits per heavy atom. The Balaban J connectivity index is 2.25. The van der Waals surface area contributed by atoms with Crippen molar-refractivity contribution in [3.8, 4) is 11.1 Å². The van der Waals surface area contributed by atoms with Crippen LogP contribution < -0.4 is 5.73 Å². The monoisotopic (exact) mass is 256 g/mol. The van der Waals surface area contributed by atoms with Gasteiger partial charge in [0.05, 0.1) is 0 Å². The van der Waals surface area contributed by atoms with Crippen LogP contribution in [0.3, 0.4) is 0 Å². The second kappa shape index (κ2) is 4.48. The molecule has 0 atom stereocenters. The lowest BCUT2D eigenvalue weighted by Gasteiger charge is -2.07. The second-order valence-electron chi connectivity index (χ2n) is 4.30. The first-order valence-electron chi connectivity index (χ1n) is 5.84. The maximum Gasteiger partial charge on any atom is 0.0460 e. The van der Waals surface area contributed by atoms with Gasteiger partial charge in [0.15, 0.2) is 0 Å². The van der Waals surface area contributed by atoms with Crippen LogP contribution in [0.5, 0.6) is 0 Å².